The number of halogens is 2. The molecule has 1 atom stereocenters. The van der Waals surface area contributed by atoms with Gasteiger partial charge in [0.05, 0.1) is 25.3 Å². The molecule has 0 aliphatic carbocycles. The Morgan fingerprint density at radius 2 is 1.93 bits per heavy atom. The first-order chi connectivity index (χ1) is 14.0. The first kappa shape index (κ1) is 19.3. The summed E-state index contributed by atoms with van der Waals surface area (Å²) in [5.74, 6) is 0.0667. The van der Waals surface area contributed by atoms with Crippen LogP contribution in [0.1, 0.15) is 23.1 Å². The molecule has 1 aliphatic heterocycles. The number of aryl methyl sites for hydroxylation is 1. The van der Waals surface area contributed by atoms with Crippen molar-refractivity contribution in [3.63, 3.8) is 0 Å². The zero-order valence-corrected chi connectivity index (χ0v) is 15.9. The summed E-state index contributed by atoms with van der Waals surface area (Å²) < 4.78 is 38.5. The maximum Gasteiger partial charge on any atom is 0.228 e. The molecule has 150 valence electrons. The summed E-state index contributed by atoms with van der Waals surface area (Å²) in [4.78, 5) is 18.9. The quantitative estimate of drug-likeness (QED) is 0.665. The Hall–Kier alpha value is -3.06. The van der Waals surface area contributed by atoms with Gasteiger partial charge in [0, 0.05) is 17.7 Å². The van der Waals surface area contributed by atoms with Crippen molar-refractivity contribution in [1.29, 1.82) is 0 Å². The van der Waals surface area contributed by atoms with Crippen LogP contribution in [0.2, 0.25) is 0 Å². The van der Waals surface area contributed by atoms with Gasteiger partial charge in [-0.15, -0.1) is 0 Å². The number of oxazole rings is 1. The number of aromatic nitrogens is 1. The third kappa shape index (κ3) is 4.19. The zero-order valence-electron chi connectivity index (χ0n) is 15.9. The second kappa shape index (κ2) is 8.13. The van der Waals surface area contributed by atoms with Gasteiger partial charge in [-0.2, -0.15) is 0 Å². The number of amides is 1. The molecule has 0 bridgehead atoms. The van der Waals surface area contributed by atoms with E-state index >= 15 is 0 Å². The molecule has 2 heterocycles. The van der Waals surface area contributed by atoms with Crippen LogP contribution in [0.25, 0.3) is 11.5 Å². The Labute approximate surface area is 166 Å². The number of hydrogen-bond donors (Lipinski definition) is 0. The molecule has 4 rings (SSSR count). The predicted octanol–water partition coefficient (Wildman–Crippen LogP) is 4.07. The number of morpholine rings is 1. The number of benzene rings is 2. The van der Waals surface area contributed by atoms with Gasteiger partial charge in [0.2, 0.25) is 11.8 Å². The van der Waals surface area contributed by atoms with Gasteiger partial charge in [0.1, 0.15) is 23.5 Å². The summed E-state index contributed by atoms with van der Waals surface area (Å²) in [5.41, 5.74) is 1.61. The summed E-state index contributed by atoms with van der Waals surface area (Å²) in [5, 5.41) is 0. The van der Waals surface area contributed by atoms with Gasteiger partial charge in [-0.3, -0.25) is 4.79 Å². The van der Waals surface area contributed by atoms with E-state index in [4.69, 9.17) is 9.15 Å². The average molecular weight is 398 g/mol. The fraction of sp³-hybridized carbons (Fsp3) is 0.273. The summed E-state index contributed by atoms with van der Waals surface area (Å²) in [6.07, 6.45) is -0.428. The van der Waals surface area contributed by atoms with Crippen LogP contribution in [-0.2, 0) is 16.0 Å². The number of rotatable bonds is 4. The Bertz CT molecular complexity index is 1020. The van der Waals surface area contributed by atoms with Crippen molar-refractivity contribution >= 4 is 5.91 Å². The van der Waals surface area contributed by atoms with Gasteiger partial charge in [-0.25, -0.2) is 13.8 Å². The summed E-state index contributed by atoms with van der Waals surface area (Å²) in [6, 6.07) is 12.2. The highest BCUT2D eigenvalue weighted by atomic mass is 19.1. The Morgan fingerprint density at radius 1 is 1.17 bits per heavy atom. The van der Waals surface area contributed by atoms with Crippen molar-refractivity contribution in [2.75, 3.05) is 19.7 Å². The monoisotopic (exact) mass is 398 g/mol. The third-order valence-corrected chi connectivity index (χ3v) is 4.97. The number of nitrogens with zero attached hydrogens (tertiary/aromatic N) is 2. The van der Waals surface area contributed by atoms with Crippen LogP contribution in [0.5, 0.6) is 0 Å². The molecule has 1 aliphatic rings. The molecule has 0 N–H and O–H groups in total. The topological polar surface area (TPSA) is 55.6 Å². The van der Waals surface area contributed by atoms with Gasteiger partial charge in [-0.05, 0) is 37.3 Å². The van der Waals surface area contributed by atoms with E-state index in [1.165, 1.54) is 18.2 Å². The van der Waals surface area contributed by atoms with Crippen LogP contribution in [0.15, 0.2) is 52.9 Å². The molecule has 1 fully saturated rings. The van der Waals surface area contributed by atoms with E-state index in [1.54, 1.807) is 42.2 Å². The third-order valence-electron chi connectivity index (χ3n) is 4.97. The van der Waals surface area contributed by atoms with Gasteiger partial charge in [0.25, 0.3) is 0 Å². The Balaban J connectivity index is 1.46. The van der Waals surface area contributed by atoms with Gasteiger partial charge in [-0.1, -0.05) is 18.2 Å². The lowest BCUT2D eigenvalue weighted by Crippen LogP contribution is -2.43. The number of carbonyl (C=O) groups excluding carboxylic acids is 1. The van der Waals surface area contributed by atoms with Gasteiger partial charge < -0.3 is 14.1 Å². The fourth-order valence-electron chi connectivity index (χ4n) is 3.36. The van der Waals surface area contributed by atoms with Crippen LogP contribution in [-0.4, -0.2) is 35.5 Å². The highest BCUT2D eigenvalue weighted by Crippen LogP contribution is 2.26. The maximum absolute atomic E-state index is 14.1. The molecule has 0 spiro atoms. The summed E-state index contributed by atoms with van der Waals surface area (Å²) in [6.45, 7) is 2.79. The lowest BCUT2D eigenvalue weighted by molar-refractivity contribution is -0.138. The second-order valence-electron chi connectivity index (χ2n) is 6.93. The van der Waals surface area contributed by atoms with E-state index in [0.717, 1.165) is 0 Å². The van der Waals surface area contributed by atoms with Gasteiger partial charge in [0.15, 0.2) is 0 Å². The molecule has 7 heteroatoms. The Kier molecular flexibility index (Phi) is 5.40. The number of ether oxygens (including phenoxy) is 1. The molecule has 1 amide bonds. The zero-order chi connectivity index (χ0) is 20.4. The molecule has 29 heavy (non-hydrogen) atoms. The molecule has 1 aromatic heterocycles. The fourth-order valence-corrected chi connectivity index (χ4v) is 3.36. The SMILES string of the molecule is Cc1oc(-c2ccc(F)cc2)nc1CC(=O)N1CCOC(c2ccccc2F)C1. The van der Waals surface area contributed by atoms with E-state index in [2.05, 4.69) is 4.98 Å². The molecule has 1 saturated heterocycles. The van der Waals surface area contributed by atoms with Crippen LogP contribution >= 0.6 is 0 Å². The van der Waals surface area contributed by atoms with E-state index in [9.17, 15) is 13.6 Å². The van der Waals surface area contributed by atoms with E-state index in [1.807, 2.05) is 0 Å². The minimum Gasteiger partial charge on any atom is -0.441 e. The molecule has 1 unspecified atom stereocenters. The molecule has 0 saturated carbocycles. The smallest absolute Gasteiger partial charge is 0.228 e. The van der Waals surface area contributed by atoms with Crippen LogP contribution in [0.4, 0.5) is 8.78 Å². The lowest BCUT2D eigenvalue weighted by atomic mass is 10.1. The second-order valence-corrected chi connectivity index (χ2v) is 6.93. The standard InChI is InChI=1S/C22H20F2N2O3/c1-14-19(25-22(29-14)15-6-8-16(23)9-7-15)12-21(27)26-10-11-28-20(13-26)17-4-2-3-5-18(17)24/h2-9,20H,10-13H2,1H3. The molecule has 5 nitrogen and oxygen atoms in total. The maximum atomic E-state index is 14.1. The lowest BCUT2D eigenvalue weighted by Gasteiger charge is -2.33. The molecule has 2 aromatic carbocycles. The van der Waals surface area contributed by atoms with Crippen LogP contribution < -0.4 is 0 Å². The van der Waals surface area contributed by atoms with Crippen molar-refractivity contribution in [1.82, 2.24) is 9.88 Å². The number of carbonyl (C=O) groups is 1. The molecular formula is C22H20F2N2O3. The minimum absolute atomic E-state index is 0.0700. The van der Waals surface area contributed by atoms with Crippen molar-refractivity contribution in [3.05, 3.63) is 77.2 Å². The molecule has 0 radical (unpaired) electrons. The molecular weight excluding hydrogens is 378 g/mol. The van der Waals surface area contributed by atoms with Crippen LogP contribution in [0, 0.1) is 18.6 Å². The van der Waals surface area contributed by atoms with E-state index in [0.29, 0.717) is 41.6 Å². The van der Waals surface area contributed by atoms with Crippen molar-refractivity contribution < 1.29 is 22.7 Å². The number of hydrogen-bond acceptors (Lipinski definition) is 4. The van der Waals surface area contributed by atoms with Crippen molar-refractivity contribution in [2.24, 2.45) is 0 Å². The summed E-state index contributed by atoms with van der Waals surface area (Å²) in [7, 11) is 0. The van der Waals surface area contributed by atoms with Crippen molar-refractivity contribution in [3.8, 4) is 11.5 Å². The first-order valence-electron chi connectivity index (χ1n) is 9.37. The van der Waals surface area contributed by atoms with Crippen molar-refractivity contribution in [2.45, 2.75) is 19.4 Å². The molecule has 3 aromatic rings. The van der Waals surface area contributed by atoms with E-state index in [-0.39, 0.29) is 30.5 Å². The highest BCUT2D eigenvalue weighted by Gasteiger charge is 2.28. The predicted molar refractivity (Wildman–Crippen MR) is 102 cm³/mol. The van der Waals surface area contributed by atoms with Gasteiger partial charge >= 0.3 is 0 Å². The largest absolute Gasteiger partial charge is 0.441 e. The summed E-state index contributed by atoms with van der Waals surface area (Å²) >= 11 is 0. The minimum atomic E-state index is -0.498. The van der Waals surface area contributed by atoms with E-state index < -0.39 is 6.10 Å². The van der Waals surface area contributed by atoms with Crippen LogP contribution in [0.3, 0.4) is 0 Å². The first-order valence-corrected chi connectivity index (χ1v) is 9.37. The Morgan fingerprint density at radius 3 is 2.69 bits per heavy atom. The highest BCUT2D eigenvalue weighted by molar-refractivity contribution is 5.79. The normalized spacial score (nSPS) is 16.8. The average Bonchev–Trinajstić information content (AvgIpc) is 3.09.